The molecule has 0 aliphatic heterocycles. The smallest absolute Gasteiger partial charge is 0.224 e. The lowest BCUT2D eigenvalue weighted by Crippen LogP contribution is -2.24. The Bertz CT molecular complexity index is 671. The minimum absolute atomic E-state index is 0.0937. The molecule has 1 aliphatic rings. The zero-order valence-corrected chi connectivity index (χ0v) is 13.1. The second-order valence-electron chi connectivity index (χ2n) is 4.88. The molecule has 3 nitrogen and oxygen atoms in total. The minimum atomic E-state index is -0.350. The van der Waals surface area contributed by atoms with Gasteiger partial charge in [-0.25, -0.2) is 9.37 Å². The van der Waals surface area contributed by atoms with Crippen molar-refractivity contribution < 1.29 is 9.18 Å². The lowest BCUT2D eigenvalue weighted by Gasteiger charge is -2.06. The van der Waals surface area contributed by atoms with E-state index < -0.39 is 0 Å². The second kappa shape index (κ2) is 5.91. The highest BCUT2D eigenvalue weighted by Gasteiger charge is 2.46. The van der Waals surface area contributed by atoms with Gasteiger partial charge in [0, 0.05) is 33.5 Å². The summed E-state index contributed by atoms with van der Waals surface area (Å²) in [6.07, 6.45) is 2.25. The molecular weight excluding hydrogens is 334 g/mol. The third kappa shape index (κ3) is 3.20. The number of thiazole rings is 1. The van der Waals surface area contributed by atoms with Gasteiger partial charge in [0.15, 0.2) is 4.47 Å². The van der Waals surface area contributed by atoms with E-state index in [0.717, 1.165) is 4.88 Å². The Morgan fingerprint density at radius 1 is 1.48 bits per heavy atom. The number of hydrogen-bond donors (Lipinski definition) is 1. The summed E-state index contributed by atoms with van der Waals surface area (Å²) < 4.78 is 14.2. The Kier molecular flexibility index (Phi) is 4.15. The number of rotatable bonds is 4. The molecule has 0 bridgehead atoms. The molecule has 1 aromatic heterocycles. The van der Waals surface area contributed by atoms with Crippen LogP contribution in [0.5, 0.6) is 0 Å². The van der Waals surface area contributed by atoms with Crippen LogP contribution >= 0.6 is 34.5 Å². The number of nitrogens with one attached hydrogen (secondary N) is 1. The number of amides is 1. The lowest BCUT2D eigenvalue weighted by atomic mass is 10.1. The van der Waals surface area contributed by atoms with E-state index in [1.54, 1.807) is 18.3 Å². The van der Waals surface area contributed by atoms with E-state index in [0.29, 0.717) is 28.0 Å². The standard InChI is InChI=1S/C14H11Cl2FN2OS/c15-10-2-1-3-11(17)12(10)8-4-9(8)13(20)18-5-7-6-19-14(16)21-7/h1-3,6,8-9H,4-5H2,(H,18,20)/t8-,9+/m0/s1. The molecule has 2 atom stereocenters. The summed E-state index contributed by atoms with van der Waals surface area (Å²) in [6.45, 7) is 0.386. The average molecular weight is 345 g/mol. The van der Waals surface area contributed by atoms with Crippen molar-refractivity contribution in [2.24, 2.45) is 5.92 Å². The van der Waals surface area contributed by atoms with Crippen LogP contribution in [0.1, 0.15) is 22.8 Å². The number of carbonyl (C=O) groups excluding carboxylic acids is 1. The van der Waals surface area contributed by atoms with Crippen LogP contribution in [-0.2, 0) is 11.3 Å². The molecule has 2 aromatic rings. The van der Waals surface area contributed by atoms with E-state index in [-0.39, 0.29) is 23.6 Å². The molecule has 1 aromatic carbocycles. The van der Waals surface area contributed by atoms with Crippen molar-refractivity contribution in [2.75, 3.05) is 0 Å². The van der Waals surface area contributed by atoms with Crippen LogP contribution in [0.2, 0.25) is 9.49 Å². The molecule has 0 unspecified atom stereocenters. The molecule has 1 aliphatic carbocycles. The van der Waals surface area contributed by atoms with E-state index in [4.69, 9.17) is 23.2 Å². The fourth-order valence-corrected chi connectivity index (χ4v) is 3.56. The summed E-state index contributed by atoms with van der Waals surface area (Å²) in [4.78, 5) is 16.9. The van der Waals surface area contributed by atoms with Crippen molar-refractivity contribution in [3.05, 3.63) is 50.1 Å². The number of benzene rings is 1. The van der Waals surface area contributed by atoms with Gasteiger partial charge in [-0.1, -0.05) is 29.3 Å². The summed E-state index contributed by atoms with van der Waals surface area (Å²) in [5.74, 6) is -0.799. The number of nitrogens with zero attached hydrogens (tertiary/aromatic N) is 1. The van der Waals surface area contributed by atoms with Crippen molar-refractivity contribution in [2.45, 2.75) is 18.9 Å². The van der Waals surface area contributed by atoms with E-state index in [1.165, 1.54) is 17.4 Å². The van der Waals surface area contributed by atoms with E-state index in [1.807, 2.05) is 0 Å². The Hall–Kier alpha value is -1.17. The van der Waals surface area contributed by atoms with Crippen LogP contribution in [0.3, 0.4) is 0 Å². The van der Waals surface area contributed by atoms with E-state index >= 15 is 0 Å². The third-order valence-corrected chi connectivity index (χ3v) is 4.90. The molecule has 7 heteroatoms. The molecule has 0 spiro atoms. The zero-order chi connectivity index (χ0) is 15.0. The van der Waals surface area contributed by atoms with Crippen LogP contribution in [-0.4, -0.2) is 10.9 Å². The SMILES string of the molecule is O=C(NCc1cnc(Cl)s1)[C@@H]1C[C@@H]1c1c(F)cccc1Cl. The molecule has 1 fully saturated rings. The Labute approximate surface area is 135 Å². The highest BCUT2D eigenvalue weighted by atomic mass is 35.5. The summed E-state index contributed by atoms with van der Waals surface area (Å²) >= 11 is 13.1. The monoisotopic (exact) mass is 344 g/mol. The number of hydrogen-bond acceptors (Lipinski definition) is 3. The van der Waals surface area contributed by atoms with Crippen LogP contribution in [0, 0.1) is 11.7 Å². The molecular formula is C14H11Cl2FN2OS. The van der Waals surface area contributed by atoms with Gasteiger partial charge in [0.2, 0.25) is 5.91 Å². The molecule has 1 heterocycles. The van der Waals surface area contributed by atoms with Gasteiger partial charge in [0.1, 0.15) is 5.82 Å². The van der Waals surface area contributed by atoms with Crippen molar-refractivity contribution >= 4 is 40.4 Å². The van der Waals surface area contributed by atoms with Gasteiger partial charge in [-0.05, 0) is 18.6 Å². The average Bonchev–Trinajstić information content (AvgIpc) is 3.11. The van der Waals surface area contributed by atoms with Crippen molar-refractivity contribution in [3.8, 4) is 0 Å². The van der Waals surface area contributed by atoms with Crippen molar-refractivity contribution in [3.63, 3.8) is 0 Å². The maximum atomic E-state index is 13.8. The topological polar surface area (TPSA) is 42.0 Å². The first-order valence-corrected chi connectivity index (χ1v) is 7.95. The second-order valence-corrected chi connectivity index (χ2v) is 6.99. The molecule has 1 amide bonds. The Balaban J connectivity index is 1.61. The molecule has 0 saturated heterocycles. The van der Waals surface area contributed by atoms with Crippen LogP contribution in [0.4, 0.5) is 4.39 Å². The van der Waals surface area contributed by atoms with Gasteiger partial charge in [0.05, 0.1) is 6.54 Å². The fraction of sp³-hybridized carbons (Fsp3) is 0.286. The summed E-state index contributed by atoms with van der Waals surface area (Å²) in [6, 6.07) is 4.58. The highest BCUT2D eigenvalue weighted by molar-refractivity contribution is 7.15. The van der Waals surface area contributed by atoms with Gasteiger partial charge >= 0.3 is 0 Å². The third-order valence-electron chi connectivity index (χ3n) is 3.46. The first-order chi connectivity index (χ1) is 10.1. The summed E-state index contributed by atoms with van der Waals surface area (Å²) in [5, 5.41) is 3.20. The summed E-state index contributed by atoms with van der Waals surface area (Å²) in [7, 11) is 0. The van der Waals surface area contributed by atoms with Gasteiger partial charge in [-0.3, -0.25) is 4.79 Å². The van der Waals surface area contributed by atoms with Gasteiger partial charge in [-0.2, -0.15) is 0 Å². The van der Waals surface area contributed by atoms with Gasteiger partial charge < -0.3 is 5.32 Å². The first-order valence-electron chi connectivity index (χ1n) is 6.38. The maximum Gasteiger partial charge on any atom is 0.224 e. The predicted molar refractivity (Wildman–Crippen MR) is 81.2 cm³/mol. The largest absolute Gasteiger partial charge is 0.351 e. The Morgan fingerprint density at radius 3 is 2.95 bits per heavy atom. The number of halogens is 3. The molecule has 3 rings (SSSR count). The maximum absolute atomic E-state index is 13.8. The number of aromatic nitrogens is 1. The fourth-order valence-electron chi connectivity index (χ4n) is 2.34. The Morgan fingerprint density at radius 2 is 2.29 bits per heavy atom. The lowest BCUT2D eigenvalue weighted by molar-refractivity contribution is -0.122. The molecule has 1 N–H and O–H groups in total. The normalized spacial score (nSPS) is 20.3. The molecule has 110 valence electrons. The number of carbonyl (C=O) groups is 1. The summed E-state index contributed by atoms with van der Waals surface area (Å²) in [5.41, 5.74) is 0.445. The molecule has 1 saturated carbocycles. The molecule has 21 heavy (non-hydrogen) atoms. The zero-order valence-electron chi connectivity index (χ0n) is 10.8. The van der Waals surface area contributed by atoms with Crippen LogP contribution in [0.15, 0.2) is 24.4 Å². The van der Waals surface area contributed by atoms with E-state index in [2.05, 4.69) is 10.3 Å². The van der Waals surface area contributed by atoms with Gasteiger partial charge in [-0.15, -0.1) is 11.3 Å². The van der Waals surface area contributed by atoms with Crippen LogP contribution < -0.4 is 5.32 Å². The quantitative estimate of drug-likeness (QED) is 0.910. The highest BCUT2D eigenvalue weighted by Crippen LogP contribution is 2.50. The van der Waals surface area contributed by atoms with Crippen molar-refractivity contribution in [1.82, 2.24) is 10.3 Å². The predicted octanol–water partition coefficient (Wildman–Crippen LogP) is 4.01. The van der Waals surface area contributed by atoms with Crippen molar-refractivity contribution in [1.29, 1.82) is 0 Å². The van der Waals surface area contributed by atoms with Crippen LogP contribution in [0.25, 0.3) is 0 Å². The first kappa shape index (κ1) is 14.8. The molecule has 0 radical (unpaired) electrons. The minimum Gasteiger partial charge on any atom is -0.351 e. The van der Waals surface area contributed by atoms with Gasteiger partial charge in [0.25, 0.3) is 0 Å². The van der Waals surface area contributed by atoms with E-state index in [9.17, 15) is 9.18 Å².